The van der Waals surface area contributed by atoms with E-state index >= 15 is 0 Å². The SMILES string of the molecule is O=C(O)c1ccc(-c2noc(C(F)(F)Br)n2)cc1F. The molecule has 0 atom stereocenters. The Morgan fingerprint density at radius 2 is 2.11 bits per heavy atom. The third-order valence-electron chi connectivity index (χ3n) is 2.13. The number of alkyl halides is 3. The van der Waals surface area contributed by atoms with Gasteiger partial charge in [-0.1, -0.05) is 5.16 Å². The molecule has 5 nitrogen and oxygen atoms in total. The van der Waals surface area contributed by atoms with Gasteiger partial charge in [-0.2, -0.15) is 13.8 Å². The van der Waals surface area contributed by atoms with Crippen molar-refractivity contribution in [3.8, 4) is 11.4 Å². The van der Waals surface area contributed by atoms with Gasteiger partial charge in [0, 0.05) is 21.5 Å². The maximum Gasteiger partial charge on any atom is 0.378 e. The molecule has 0 fully saturated rings. The smallest absolute Gasteiger partial charge is 0.378 e. The van der Waals surface area contributed by atoms with Crippen molar-refractivity contribution in [2.75, 3.05) is 0 Å². The van der Waals surface area contributed by atoms with Crippen LogP contribution in [0.4, 0.5) is 13.2 Å². The molecule has 2 rings (SSSR count). The molecule has 0 saturated carbocycles. The van der Waals surface area contributed by atoms with Crippen molar-refractivity contribution in [2.45, 2.75) is 4.83 Å². The van der Waals surface area contributed by atoms with Gasteiger partial charge in [-0.3, -0.25) is 0 Å². The van der Waals surface area contributed by atoms with Crippen LogP contribution < -0.4 is 0 Å². The highest BCUT2D eigenvalue weighted by molar-refractivity contribution is 9.09. The second-order valence-electron chi connectivity index (χ2n) is 3.42. The number of benzene rings is 1. The van der Waals surface area contributed by atoms with E-state index in [1.807, 2.05) is 15.9 Å². The van der Waals surface area contributed by atoms with E-state index in [-0.39, 0.29) is 11.4 Å². The Hall–Kier alpha value is -1.90. The van der Waals surface area contributed by atoms with Gasteiger partial charge in [-0.15, -0.1) is 0 Å². The predicted molar refractivity (Wildman–Crippen MR) is 59.5 cm³/mol. The highest BCUT2D eigenvalue weighted by Gasteiger charge is 2.35. The Kier molecular flexibility index (Phi) is 3.31. The van der Waals surface area contributed by atoms with Gasteiger partial charge in [0.25, 0.3) is 0 Å². The first-order chi connectivity index (χ1) is 8.79. The summed E-state index contributed by atoms with van der Waals surface area (Å²) in [6, 6.07) is 2.99. The van der Waals surface area contributed by atoms with Crippen LogP contribution >= 0.6 is 15.9 Å². The lowest BCUT2D eigenvalue weighted by Gasteiger charge is -2.00. The molecule has 1 heterocycles. The van der Waals surface area contributed by atoms with Crippen LogP contribution in [0.25, 0.3) is 11.4 Å². The second-order valence-corrected chi connectivity index (χ2v) is 4.42. The molecule has 0 spiro atoms. The molecular formula is C10H4BrF3N2O3. The van der Waals surface area contributed by atoms with E-state index in [0.29, 0.717) is 0 Å². The third-order valence-corrected chi connectivity index (χ3v) is 2.47. The molecule has 0 aliphatic rings. The molecule has 0 radical (unpaired) electrons. The zero-order valence-corrected chi connectivity index (χ0v) is 10.5. The molecule has 100 valence electrons. The fourth-order valence-corrected chi connectivity index (χ4v) is 1.44. The fraction of sp³-hybridized carbons (Fsp3) is 0.100. The van der Waals surface area contributed by atoms with Gasteiger partial charge in [0.1, 0.15) is 5.82 Å². The molecule has 0 aliphatic heterocycles. The number of hydrogen-bond acceptors (Lipinski definition) is 4. The van der Waals surface area contributed by atoms with Crippen LogP contribution in [0.3, 0.4) is 0 Å². The Balaban J connectivity index is 2.40. The number of nitrogens with zero attached hydrogens (tertiary/aromatic N) is 2. The summed E-state index contributed by atoms with van der Waals surface area (Å²) in [6.45, 7) is 0. The van der Waals surface area contributed by atoms with Gasteiger partial charge in [0.05, 0.1) is 5.56 Å². The first-order valence-corrected chi connectivity index (χ1v) is 5.52. The van der Waals surface area contributed by atoms with Crippen molar-refractivity contribution in [2.24, 2.45) is 0 Å². The molecule has 0 amide bonds. The predicted octanol–water partition coefficient (Wildman–Crippen LogP) is 3.02. The quantitative estimate of drug-likeness (QED) is 0.872. The molecule has 0 unspecified atom stereocenters. The number of aromatic nitrogens is 2. The molecule has 19 heavy (non-hydrogen) atoms. The first kappa shape index (κ1) is 13.5. The lowest BCUT2D eigenvalue weighted by Crippen LogP contribution is -2.02. The van der Waals surface area contributed by atoms with Gasteiger partial charge >= 0.3 is 16.7 Å². The summed E-state index contributed by atoms with van der Waals surface area (Å²) in [5.74, 6) is -3.72. The summed E-state index contributed by atoms with van der Waals surface area (Å²) in [5, 5.41) is 11.9. The van der Waals surface area contributed by atoms with Gasteiger partial charge in [0.15, 0.2) is 0 Å². The van der Waals surface area contributed by atoms with Crippen LogP contribution in [0.1, 0.15) is 16.2 Å². The Bertz CT molecular complexity index is 639. The number of carboxylic acids is 1. The normalized spacial score (nSPS) is 11.6. The van der Waals surface area contributed by atoms with E-state index in [0.717, 1.165) is 12.1 Å². The molecule has 2 aromatic rings. The maximum atomic E-state index is 13.4. The number of aromatic carboxylic acids is 1. The van der Waals surface area contributed by atoms with Crippen LogP contribution in [0.5, 0.6) is 0 Å². The van der Waals surface area contributed by atoms with E-state index in [9.17, 15) is 18.0 Å². The summed E-state index contributed by atoms with van der Waals surface area (Å²) in [7, 11) is 0. The van der Waals surface area contributed by atoms with Crippen molar-refractivity contribution in [3.63, 3.8) is 0 Å². The highest BCUT2D eigenvalue weighted by Crippen LogP contribution is 2.34. The van der Waals surface area contributed by atoms with Gasteiger partial charge in [-0.05, 0) is 18.2 Å². The average molecular weight is 337 g/mol. The lowest BCUT2D eigenvalue weighted by atomic mass is 10.1. The Morgan fingerprint density at radius 3 is 2.58 bits per heavy atom. The van der Waals surface area contributed by atoms with Gasteiger partial charge in [-0.25, -0.2) is 9.18 Å². The summed E-state index contributed by atoms with van der Waals surface area (Å²) in [5.41, 5.74) is -0.521. The topological polar surface area (TPSA) is 76.2 Å². The fourth-order valence-electron chi connectivity index (χ4n) is 1.28. The van der Waals surface area contributed by atoms with Crippen molar-refractivity contribution >= 4 is 21.9 Å². The van der Waals surface area contributed by atoms with E-state index in [1.165, 1.54) is 6.07 Å². The third kappa shape index (κ3) is 2.75. The second kappa shape index (κ2) is 4.65. The summed E-state index contributed by atoms with van der Waals surface area (Å²) >= 11 is 2.04. The summed E-state index contributed by atoms with van der Waals surface area (Å²) in [6.07, 6.45) is 0. The Labute approximate surface area is 112 Å². The zero-order valence-electron chi connectivity index (χ0n) is 8.90. The average Bonchev–Trinajstić information content (AvgIpc) is 2.76. The number of hydrogen-bond donors (Lipinski definition) is 1. The molecule has 9 heteroatoms. The van der Waals surface area contributed by atoms with E-state index in [2.05, 4.69) is 14.7 Å². The number of halogens is 4. The minimum atomic E-state index is -3.49. The number of carboxylic acid groups (broad SMARTS) is 1. The van der Waals surface area contributed by atoms with E-state index < -0.39 is 28.1 Å². The number of rotatable bonds is 3. The molecule has 1 aromatic carbocycles. The molecular weight excluding hydrogens is 333 g/mol. The van der Waals surface area contributed by atoms with E-state index in [1.54, 1.807) is 0 Å². The van der Waals surface area contributed by atoms with Crippen molar-refractivity contribution in [1.82, 2.24) is 10.1 Å². The first-order valence-electron chi connectivity index (χ1n) is 4.73. The molecule has 1 N–H and O–H groups in total. The Morgan fingerprint density at radius 1 is 1.42 bits per heavy atom. The molecule has 0 bridgehead atoms. The van der Waals surface area contributed by atoms with Gasteiger partial charge in [0.2, 0.25) is 5.82 Å². The highest BCUT2D eigenvalue weighted by atomic mass is 79.9. The summed E-state index contributed by atoms with van der Waals surface area (Å²) < 4.78 is 43.3. The monoisotopic (exact) mass is 336 g/mol. The molecule has 0 saturated heterocycles. The standard InChI is InChI=1S/C10H4BrF3N2O3/c11-10(13,14)9-15-7(16-19-9)4-1-2-5(8(17)18)6(12)3-4/h1-3H,(H,17,18). The van der Waals surface area contributed by atoms with Crippen LogP contribution in [-0.4, -0.2) is 21.2 Å². The largest absolute Gasteiger partial charge is 0.478 e. The molecule has 1 aromatic heterocycles. The van der Waals surface area contributed by atoms with Crippen LogP contribution in [0.15, 0.2) is 22.7 Å². The van der Waals surface area contributed by atoms with Crippen molar-refractivity contribution in [3.05, 3.63) is 35.5 Å². The van der Waals surface area contributed by atoms with E-state index in [4.69, 9.17) is 5.11 Å². The maximum absolute atomic E-state index is 13.4. The van der Waals surface area contributed by atoms with Crippen molar-refractivity contribution < 1.29 is 27.6 Å². The minimum absolute atomic E-state index is 0.0225. The van der Waals surface area contributed by atoms with Crippen LogP contribution in [0, 0.1) is 5.82 Å². The van der Waals surface area contributed by atoms with Crippen molar-refractivity contribution in [1.29, 1.82) is 0 Å². The zero-order chi connectivity index (χ0) is 14.2. The van der Waals surface area contributed by atoms with Crippen LogP contribution in [-0.2, 0) is 4.83 Å². The van der Waals surface area contributed by atoms with Crippen LogP contribution in [0.2, 0.25) is 0 Å². The molecule has 0 aliphatic carbocycles. The number of carbonyl (C=O) groups is 1. The van der Waals surface area contributed by atoms with Gasteiger partial charge < -0.3 is 9.63 Å². The lowest BCUT2D eigenvalue weighted by molar-refractivity contribution is 0.0691. The minimum Gasteiger partial charge on any atom is -0.478 e. The summed E-state index contributed by atoms with van der Waals surface area (Å²) in [4.78, 5) is 10.5.